The van der Waals surface area contributed by atoms with E-state index in [1.54, 1.807) is 11.3 Å². The highest BCUT2D eigenvalue weighted by Crippen LogP contribution is 2.35. The van der Waals surface area contributed by atoms with Crippen molar-refractivity contribution in [1.82, 2.24) is 5.32 Å². The Bertz CT molecular complexity index is 604. The maximum absolute atomic E-state index is 12.3. The van der Waals surface area contributed by atoms with E-state index < -0.39 is 6.10 Å². The lowest BCUT2D eigenvalue weighted by Gasteiger charge is -2.28. The van der Waals surface area contributed by atoms with Crippen molar-refractivity contribution >= 4 is 17.2 Å². The van der Waals surface area contributed by atoms with E-state index in [1.807, 2.05) is 22.9 Å². The summed E-state index contributed by atoms with van der Waals surface area (Å²) in [6.07, 6.45) is 3.38. The number of aliphatic hydroxyl groups excluding tert-OH is 1. The molecule has 1 saturated carbocycles. The van der Waals surface area contributed by atoms with Crippen LogP contribution in [0.15, 0.2) is 47.2 Å². The average Bonchev–Trinajstić information content (AvgIpc) is 3.15. The molecule has 0 spiro atoms. The lowest BCUT2D eigenvalue weighted by Crippen LogP contribution is -2.35. The fraction of sp³-hybridized carbons (Fsp3) is 0.421. The summed E-state index contributed by atoms with van der Waals surface area (Å²) in [5.41, 5.74) is 2.27. The summed E-state index contributed by atoms with van der Waals surface area (Å²) < 4.78 is 0. The summed E-state index contributed by atoms with van der Waals surface area (Å²) in [7, 11) is 0. The first-order valence-electron chi connectivity index (χ1n) is 8.27. The molecule has 1 aliphatic carbocycles. The molecule has 1 amide bonds. The number of hydrogen-bond acceptors (Lipinski definition) is 3. The molecule has 2 aromatic rings. The molecule has 1 aromatic carbocycles. The number of nitrogens with one attached hydrogen (secondary N) is 1. The molecule has 23 heavy (non-hydrogen) atoms. The molecule has 3 nitrogen and oxygen atoms in total. The predicted molar refractivity (Wildman–Crippen MR) is 93.4 cm³/mol. The van der Waals surface area contributed by atoms with Crippen LogP contribution in [0.4, 0.5) is 0 Å². The van der Waals surface area contributed by atoms with Crippen LogP contribution in [0.3, 0.4) is 0 Å². The number of thiophene rings is 1. The molecule has 1 aliphatic rings. The molecule has 0 saturated heterocycles. The number of hydrogen-bond donors (Lipinski definition) is 2. The fourth-order valence-electron chi connectivity index (χ4n) is 3.34. The van der Waals surface area contributed by atoms with Gasteiger partial charge >= 0.3 is 0 Å². The van der Waals surface area contributed by atoms with Crippen molar-refractivity contribution in [1.29, 1.82) is 0 Å². The van der Waals surface area contributed by atoms with Gasteiger partial charge in [-0.1, -0.05) is 30.3 Å². The zero-order chi connectivity index (χ0) is 16.1. The van der Waals surface area contributed by atoms with Crippen LogP contribution in [0.25, 0.3) is 0 Å². The second-order valence-corrected chi connectivity index (χ2v) is 7.06. The monoisotopic (exact) mass is 329 g/mol. The van der Waals surface area contributed by atoms with Gasteiger partial charge in [0.25, 0.3) is 0 Å². The fourth-order valence-corrected chi connectivity index (χ4v) is 4.05. The third-order valence-electron chi connectivity index (χ3n) is 4.77. The minimum atomic E-state index is -0.606. The van der Waals surface area contributed by atoms with Crippen molar-refractivity contribution in [3.05, 3.63) is 58.3 Å². The molecule has 1 unspecified atom stereocenters. The zero-order valence-corrected chi connectivity index (χ0v) is 14.0. The number of amides is 1. The van der Waals surface area contributed by atoms with Crippen LogP contribution >= 0.6 is 11.3 Å². The quantitative estimate of drug-likeness (QED) is 0.875. The van der Waals surface area contributed by atoms with E-state index in [4.69, 9.17) is 0 Å². The molecule has 1 fully saturated rings. The first-order valence-corrected chi connectivity index (χ1v) is 9.21. The molecule has 0 bridgehead atoms. The number of aliphatic hydroxyl groups is 1. The van der Waals surface area contributed by atoms with Crippen molar-refractivity contribution in [3.8, 4) is 0 Å². The summed E-state index contributed by atoms with van der Waals surface area (Å²) in [5, 5.41) is 16.8. The van der Waals surface area contributed by atoms with E-state index in [9.17, 15) is 9.90 Å². The standard InChI is InChI=1S/C19H23NO2S/c21-18(17-10-11-23-13-17)12-20-19(22)16-8-6-15(7-9-16)14-4-2-1-3-5-14/h1-5,10-11,13,15-16,18,21H,6-9,12H2,(H,20,22). The van der Waals surface area contributed by atoms with Crippen LogP contribution in [-0.2, 0) is 4.79 Å². The topological polar surface area (TPSA) is 49.3 Å². The number of benzene rings is 1. The molecule has 1 heterocycles. The zero-order valence-electron chi connectivity index (χ0n) is 13.2. The maximum atomic E-state index is 12.3. The van der Waals surface area contributed by atoms with E-state index >= 15 is 0 Å². The Kier molecular flexibility index (Phi) is 5.47. The average molecular weight is 329 g/mol. The van der Waals surface area contributed by atoms with Gasteiger partial charge in [-0.25, -0.2) is 0 Å². The van der Waals surface area contributed by atoms with Crippen LogP contribution in [0.1, 0.15) is 48.8 Å². The molecule has 122 valence electrons. The van der Waals surface area contributed by atoms with Crippen molar-refractivity contribution < 1.29 is 9.90 Å². The Morgan fingerprint density at radius 2 is 1.91 bits per heavy atom. The first-order chi connectivity index (χ1) is 11.2. The van der Waals surface area contributed by atoms with Crippen molar-refractivity contribution in [2.24, 2.45) is 5.92 Å². The molecule has 4 heteroatoms. The van der Waals surface area contributed by atoms with Gasteiger partial charge < -0.3 is 10.4 Å². The summed E-state index contributed by atoms with van der Waals surface area (Å²) >= 11 is 1.56. The summed E-state index contributed by atoms with van der Waals surface area (Å²) in [4.78, 5) is 12.3. The molecular weight excluding hydrogens is 306 g/mol. The lowest BCUT2D eigenvalue weighted by molar-refractivity contribution is -0.126. The number of carbonyl (C=O) groups excluding carboxylic acids is 1. The summed E-state index contributed by atoms with van der Waals surface area (Å²) in [6.45, 7) is 0.300. The molecule has 0 radical (unpaired) electrons. The first kappa shape index (κ1) is 16.2. The van der Waals surface area contributed by atoms with Gasteiger partial charge in [-0.15, -0.1) is 0 Å². The summed E-state index contributed by atoms with van der Waals surface area (Å²) in [5.74, 6) is 0.757. The molecule has 1 aromatic heterocycles. The van der Waals surface area contributed by atoms with Gasteiger partial charge in [0.05, 0.1) is 6.10 Å². The highest BCUT2D eigenvalue weighted by atomic mass is 32.1. The summed E-state index contributed by atoms with van der Waals surface area (Å²) in [6, 6.07) is 12.5. The van der Waals surface area contributed by atoms with E-state index in [1.165, 1.54) is 5.56 Å². The second-order valence-electron chi connectivity index (χ2n) is 6.28. The highest BCUT2D eigenvalue weighted by molar-refractivity contribution is 7.07. The van der Waals surface area contributed by atoms with Crippen LogP contribution in [0.2, 0.25) is 0 Å². The third kappa shape index (κ3) is 4.21. The van der Waals surface area contributed by atoms with Crippen molar-refractivity contribution in [2.45, 2.75) is 37.7 Å². The predicted octanol–water partition coefficient (Wildman–Crippen LogP) is 3.87. The Morgan fingerprint density at radius 3 is 2.57 bits per heavy atom. The Labute approximate surface area is 141 Å². The molecule has 3 rings (SSSR count). The minimum absolute atomic E-state index is 0.0876. The second kappa shape index (κ2) is 7.75. The van der Waals surface area contributed by atoms with Crippen LogP contribution in [-0.4, -0.2) is 17.6 Å². The Hall–Kier alpha value is -1.65. The van der Waals surface area contributed by atoms with E-state index in [0.29, 0.717) is 12.5 Å². The maximum Gasteiger partial charge on any atom is 0.223 e. The number of rotatable bonds is 5. The van der Waals surface area contributed by atoms with Crippen LogP contribution in [0.5, 0.6) is 0 Å². The van der Waals surface area contributed by atoms with E-state index in [0.717, 1.165) is 31.2 Å². The van der Waals surface area contributed by atoms with Gasteiger partial charge in [0.2, 0.25) is 5.91 Å². The Balaban J connectivity index is 1.45. The molecular formula is C19H23NO2S. The number of carbonyl (C=O) groups is 1. The van der Waals surface area contributed by atoms with Gasteiger partial charge in [0.1, 0.15) is 0 Å². The third-order valence-corrected chi connectivity index (χ3v) is 5.47. The largest absolute Gasteiger partial charge is 0.387 e. The van der Waals surface area contributed by atoms with Crippen molar-refractivity contribution in [2.75, 3.05) is 6.54 Å². The minimum Gasteiger partial charge on any atom is -0.387 e. The Morgan fingerprint density at radius 1 is 1.17 bits per heavy atom. The SMILES string of the molecule is O=C(NCC(O)c1ccsc1)C1CCC(c2ccccc2)CC1. The normalized spacial score (nSPS) is 22.5. The molecule has 0 aliphatic heterocycles. The van der Waals surface area contributed by atoms with Crippen LogP contribution in [0, 0.1) is 5.92 Å². The molecule has 1 atom stereocenters. The van der Waals surface area contributed by atoms with Gasteiger partial charge in [-0.05, 0) is 59.6 Å². The lowest BCUT2D eigenvalue weighted by atomic mass is 9.78. The van der Waals surface area contributed by atoms with E-state index in [-0.39, 0.29) is 11.8 Å². The van der Waals surface area contributed by atoms with Gasteiger partial charge in [-0.3, -0.25) is 4.79 Å². The van der Waals surface area contributed by atoms with Gasteiger partial charge in [-0.2, -0.15) is 11.3 Å². The van der Waals surface area contributed by atoms with Crippen LogP contribution < -0.4 is 5.32 Å². The van der Waals surface area contributed by atoms with Crippen molar-refractivity contribution in [3.63, 3.8) is 0 Å². The van der Waals surface area contributed by atoms with Gasteiger partial charge in [0.15, 0.2) is 0 Å². The smallest absolute Gasteiger partial charge is 0.223 e. The van der Waals surface area contributed by atoms with E-state index in [2.05, 4.69) is 29.6 Å². The highest BCUT2D eigenvalue weighted by Gasteiger charge is 2.27. The van der Waals surface area contributed by atoms with Gasteiger partial charge in [0, 0.05) is 12.5 Å². The molecule has 2 N–H and O–H groups in total.